The van der Waals surface area contributed by atoms with Gasteiger partial charge in [0.25, 0.3) is 0 Å². The predicted octanol–water partition coefficient (Wildman–Crippen LogP) is 5.40. The van der Waals surface area contributed by atoms with Crippen LogP contribution in [0.2, 0.25) is 0 Å². The van der Waals surface area contributed by atoms with Crippen molar-refractivity contribution in [1.29, 1.82) is 5.26 Å². The molecule has 1 fully saturated rings. The molecule has 0 aliphatic heterocycles. The van der Waals surface area contributed by atoms with E-state index in [9.17, 15) is 4.79 Å². The highest BCUT2D eigenvalue weighted by atomic mass is 16.7. The van der Waals surface area contributed by atoms with Gasteiger partial charge in [0.15, 0.2) is 6.19 Å². The van der Waals surface area contributed by atoms with Gasteiger partial charge in [0.2, 0.25) is 11.9 Å². The largest absolute Gasteiger partial charge is 0.325 e. The van der Waals surface area contributed by atoms with Crippen LogP contribution in [0.1, 0.15) is 91.4 Å². The summed E-state index contributed by atoms with van der Waals surface area (Å²) in [6, 6.07) is 3.63. The van der Waals surface area contributed by atoms with E-state index in [0.29, 0.717) is 25.5 Å². The van der Waals surface area contributed by atoms with Crippen LogP contribution in [0.5, 0.6) is 0 Å². The van der Waals surface area contributed by atoms with Crippen molar-refractivity contribution in [3.8, 4) is 6.19 Å². The maximum Gasteiger partial charge on any atom is 0.246 e. The Bertz CT molecular complexity index is 779. The summed E-state index contributed by atoms with van der Waals surface area (Å²) < 4.78 is 0. The predicted molar refractivity (Wildman–Crippen MR) is 136 cm³/mol. The first-order chi connectivity index (χ1) is 16.4. The van der Waals surface area contributed by atoms with Crippen LogP contribution in [0.4, 0.5) is 5.69 Å². The molecule has 2 rings (SSSR count). The van der Waals surface area contributed by atoms with Crippen molar-refractivity contribution in [2.45, 2.75) is 97.5 Å². The fraction of sp³-hybridized carbons (Fsp3) is 0.692. The molecule has 0 unspecified atom stereocenters. The Morgan fingerprint density at radius 1 is 1.18 bits per heavy atom. The Labute approximate surface area is 205 Å². The molecule has 0 radical (unpaired) electrons. The summed E-state index contributed by atoms with van der Waals surface area (Å²) in [4.78, 5) is 27.5. The lowest BCUT2D eigenvalue weighted by Gasteiger charge is -2.31. The molecule has 1 heterocycles. The van der Waals surface area contributed by atoms with Crippen molar-refractivity contribution < 1.29 is 9.63 Å². The summed E-state index contributed by atoms with van der Waals surface area (Å²) in [5.74, 6) is 0.535. The van der Waals surface area contributed by atoms with E-state index in [0.717, 1.165) is 50.6 Å². The standard InChI is InChI=1S/C26H42N6O2/c1-26(2,3)16-20-32(34-23-11-7-6-8-12-23)24(33)13-9-4-5-10-17-29-25(30-21-27)31-22-14-18-28-19-15-22/h14-15,18-19,23H,4-13,16-17,20H2,1-3H3,(H2,28,29,30,31). The molecule has 1 aliphatic rings. The van der Waals surface area contributed by atoms with Gasteiger partial charge in [-0.1, -0.05) is 52.9 Å². The number of nitrogens with zero attached hydrogens (tertiary/aromatic N) is 4. The molecule has 1 amide bonds. The monoisotopic (exact) mass is 470 g/mol. The number of hydrogen-bond acceptors (Lipinski definition) is 5. The van der Waals surface area contributed by atoms with E-state index < -0.39 is 0 Å². The first-order valence-electron chi connectivity index (χ1n) is 12.7. The van der Waals surface area contributed by atoms with Crippen LogP contribution in [0.3, 0.4) is 0 Å². The Morgan fingerprint density at radius 2 is 1.88 bits per heavy atom. The van der Waals surface area contributed by atoms with Crippen molar-refractivity contribution >= 4 is 17.6 Å². The third kappa shape index (κ3) is 12.0. The summed E-state index contributed by atoms with van der Waals surface area (Å²) in [6.07, 6.45) is 16.4. The number of aromatic nitrogens is 1. The van der Waals surface area contributed by atoms with Crippen LogP contribution in [-0.2, 0) is 9.63 Å². The molecular weight excluding hydrogens is 428 g/mol. The summed E-state index contributed by atoms with van der Waals surface area (Å²) in [5, 5.41) is 16.2. The lowest BCUT2D eigenvalue weighted by atomic mass is 9.92. The molecule has 8 nitrogen and oxygen atoms in total. The highest BCUT2D eigenvalue weighted by Gasteiger charge is 2.23. The van der Waals surface area contributed by atoms with Crippen LogP contribution in [-0.4, -0.2) is 41.1 Å². The number of rotatable bonds is 12. The molecule has 8 heteroatoms. The minimum atomic E-state index is 0.106. The Morgan fingerprint density at radius 3 is 2.56 bits per heavy atom. The molecule has 0 saturated heterocycles. The third-order valence-electron chi connectivity index (χ3n) is 5.86. The van der Waals surface area contributed by atoms with Gasteiger partial charge in [0.1, 0.15) is 0 Å². The molecule has 1 aromatic heterocycles. The highest BCUT2D eigenvalue weighted by molar-refractivity contribution is 5.94. The van der Waals surface area contributed by atoms with E-state index in [1.54, 1.807) is 17.5 Å². The number of nitriles is 1. The number of hydrogen-bond donors (Lipinski definition) is 2. The maximum absolute atomic E-state index is 12.9. The van der Waals surface area contributed by atoms with Crippen LogP contribution < -0.4 is 10.6 Å². The van der Waals surface area contributed by atoms with Gasteiger partial charge in [-0.15, -0.1) is 0 Å². The number of carbonyl (C=O) groups excluding carboxylic acids is 1. The zero-order valence-electron chi connectivity index (χ0n) is 21.2. The molecule has 34 heavy (non-hydrogen) atoms. The van der Waals surface area contributed by atoms with Crippen molar-refractivity contribution in [1.82, 2.24) is 15.4 Å². The number of amides is 1. The van der Waals surface area contributed by atoms with E-state index >= 15 is 0 Å². The summed E-state index contributed by atoms with van der Waals surface area (Å²) >= 11 is 0. The zero-order chi connectivity index (χ0) is 24.7. The van der Waals surface area contributed by atoms with Gasteiger partial charge in [0, 0.05) is 37.6 Å². The van der Waals surface area contributed by atoms with E-state index in [2.05, 4.69) is 41.4 Å². The third-order valence-corrected chi connectivity index (χ3v) is 5.86. The minimum absolute atomic E-state index is 0.106. The van der Waals surface area contributed by atoms with Crippen molar-refractivity contribution in [3.05, 3.63) is 24.5 Å². The molecule has 1 aliphatic carbocycles. The molecule has 0 spiro atoms. The van der Waals surface area contributed by atoms with Crippen LogP contribution in [0.25, 0.3) is 0 Å². The van der Waals surface area contributed by atoms with Gasteiger partial charge >= 0.3 is 0 Å². The highest BCUT2D eigenvalue weighted by Crippen LogP contribution is 2.24. The molecule has 0 bridgehead atoms. The number of unbranched alkanes of at least 4 members (excludes halogenated alkanes) is 3. The lowest BCUT2D eigenvalue weighted by molar-refractivity contribution is -0.212. The normalized spacial score (nSPS) is 14.9. The summed E-state index contributed by atoms with van der Waals surface area (Å²) in [5.41, 5.74) is 0.988. The molecular formula is C26H42N6O2. The number of carbonyl (C=O) groups is 1. The van der Waals surface area contributed by atoms with Crippen molar-refractivity contribution in [3.63, 3.8) is 0 Å². The zero-order valence-corrected chi connectivity index (χ0v) is 21.2. The molecule has 0 atom stereocenters. The number of guanidine groups is 1. The molecule has 2 N–H and O–H groups in total. The smallest absolute Gasteiger partial charge is 0.246 e. The molecule has 188 valence electrons. The quantitative estimate of drug-likeness (QED) is 0.106. The van der Waals surface area contributed by atoms with Crippen molar-refractivity contribution in [2.75, 3.05) is 18.4 Å². The summed E-state index contributed by atoms with van der Waals surface area (Å²) in [6.45, 7) is 7.86. The van der Waals surface area contributed by atoms with Gasteiger partial charge in [0.05, 0.1) is 6.10 Å². The summed E-state index contributed by atoms with van der Waals surface area (Å²) in [7, 11) is 0. The number of aliphatic imine (C=N–C) groups is 1. The average molecular weight is 471 g/mol. The van der Waals surface area contributed by atoms with E-state index in [1.807, 2.05) is 18.3 Å². The number of nitrogens with one attached hydrogen (secondary N) is 2. The molecule has 0 aromatic carbocycles. The SMILES string of the molecule is CC(C)(C)CCN(OC1CCCCC1)C(=O)CCCCCCN=C(NC#N)Nc1ccncc1. The Hall–Kier alpha value is -2.66. The van der Waals surface area contributed by atoms with Gasteiger partial charge in [-0.25, -0.2) is 5.06 Å². The van der Waals surface area contributed by atoms with Gasteiger partial charge < -0.3 is 5.32 Å². The number of pyridine rings is 1. The van der Waals surface area contributed by atoms with Crippen LogP contribution in [0, 0.1) is 16.9 Å². The number of hydroxylamine groups is 2. The van der Waals surface area contributed by atoms with Gasteiger partial charge in [-0.05, 0) is 49.7 Å². The second kappa shape index (κ2) is 15.3. The van der Waals surface area contributed by atoms with Crippen molar-refractivity contribution in [2.24, 2.45) is 10.4 Å². The van der Waals surface area contributed by atoms with Gasteiger partial charge in [-0.3, -0.25) is 24.9 Å². The fourth-order valence-electron chi connectivity index (χ4n) is 3.82. The number of anilines is 1. The fourth-order valence-corrected chi connectivity index (χ4v) is 3.82. The topological polar surface area (TPSA) is 103 Å². The van der Waals surface area contributed by atoms with E-state index in [1.165, 1.54) is 19.3 Å². The first kappa shape index (κ1) is 27.6. The second-order valence-electron chi connectivity index (χ2n) is 10.2. The molecule has 1 aromatic rings. The maximum atomic E-state index is 12.9. The first-order valence-corrected chi connectivity index (χ1v) is 12.7. The van der Waals surface area contributed by atoms with Gasteiger partial charge in [-0.2, -0.15) is 5.26 Å². The van der Waals surface area contributed by atoms with Crippen LogP contribution >= 0.6 is 0 Å². The second-order valence-corrected chi connectivity index (χ2v) is 10.2. The molecule has 1 saturated carbocycles. The Balaban J connectivity index is 1.70. The van der Waals surface area contributed by atoms with E-state index in [4.69, 9.17) is 10.1 Å². The Kier molecular flexibility index (Phi) is 12.4. The minimum Gasteiger partial charge on any atom is -0.325 e. The average Bonchev–Trinajstić information content (AvgIpc) is 2.81. The lowest BCUT2D eigenvalue weighted by Crippen LogP contribution is -2.38. The van der Waals surface area contributed by atoms with Crippen LogP contribution in [0.15, 0.2) is 29.5 Å². The van der Waals surface area contributed by atoms with E-state index in [-0.39, 0.29) is 17.4 Å².